The number of hydrogen-bond donors (Lipinski definition) is 0. The van der Waals surface area contributed by atoms with E-state index in [4.69, 9.17) is 4.42 Å². The molecule has 0 aliphatic rings. The number of aryl methyl sites for hydroxylation is 1. The molecular weight excluding hydrogens is 106 g/mol. The van der Waals surface area contributed by atoms with Crippen LogP contribution in [-0.2, 0) is 0 Å². The summed E-state index contributed by atoms with van der Waals surface area (Å²) < 4.78 is 4.70. The molecule has 0 fully saturated rings. The summed E-state index contributed by atoms with van der Waals surface area (Å²) in [6.07, 6.45) is 1.32. The topological polar surface area (TPSA) is 43.1 Å². The lowest BCUT2D eigenvalue weighted by Gasteiger charge is -1.82. The third kappa shape index (κ3) is 0.932. The number of nitrogens with zero attached hydrogens (tertiary/aromatic N) is 1. The Bertz CT molecular complexity index is 228. The van der Waals surface area contributed by atoms with Crippen molar-refractivity contribution >= 4 is 0 Å². The van der Waals surface area contributed by atoms with Crippen LogP contribution in [0.3, 0.4) is 0 Å². The van der Waals surface area contributed by atoms with E-state index in [-0.39, 0.29) is 5.56 Å². The summed E-state index contributed by atoms with van der Waals surface area (Å²) in [6.45, 7) is 1.63. The molecule has 3 nitrogen and oxygen atoms in total. The van der Waals surface area contributed by atoms with Crippen LogP contribution in [0.5, 0.6) is 0 Å². The molecule has 0 N–H and O–H groups in total. The summed E-state index contributed by atoms with van der Waals surface area (Å²) >= 11 is 0. The molecule has 42 valence electrons. The van der Waals surface area contributed by atoms with Gasteiger partial charge in [-0.3, -0.25) is 4.79 Å². The van der Waals surface area contributed by atoms with Crippen LogP contribution in [0.25, 0.3) is 0 Å². The molecule has 1 rings (SSSR count). The zero-order valence-electron chi connectivity index (χ0n) is 4.42. The molecule has 1 aromatic heterocycles. The van der Waals surface area contributed by atoms with E-state index in [1.54, 1.807) is 6.92 Å². The monoisotopic (exact) mass is 111 g/mol. The van der Waals surface area contributed by atoms with E-state index in [1.165, 1.54) is 12.3 Å². The van der Waals surface area contributed by atoms with E-state index >= 15 is 0 Å². The van der Waals surface area contributed by atoms with E-state index in [0.717, 1.165) is 0 Å². The maximum atomic E-state index is 10.3. The minimum absolute atomic E-state index is 0.256. The largest absolute Gasteiger partial charge is 0.451 e. The fourth-order valence-electron chi connectivity index (χ4n) is 0.409. The second-order valence-electron chi connectivity index (χ2n) is 1.39. The van der Waals surface area contributed by atoms with Gasteiger partial charge in [0.1, 0.15) is 0 Å². The highest BCUT2D eigenvalue weighted by Gasteiger charge is 1.84. The van der Waals surface area contributed by atoms with E-state index < -0.39 is 0 Å². The Balaban J connectivity index is 3.28. The Morgan fingerprint density at radius 2 is 2.50 bits per heavy atom. The van der Waals surface area contributed by atoms with Crippen molar-refractivity contribution in [3.8, 4) is 0 Å². The molecule has 8 heavy (non-hydrogen) atoms. The van der Waals surface area contributed by atoms with Gasteiger partial charge in [-0.15, -0.1) is 0 Å². The first-order valence-electron chi connectivity index (χ1n) is 2.21. The van der Waals surface area contributed by atoms with Crippen LogP contribution >= 0.6 is 0 Å². The Hall–Kier alpha value is -1.12. The highest BCUT2D eigenvalue weighted by Crippen LogP contribution is 1.81. The minimum atomic E-state index is -0.256. The Morgan fingerprint density at radius 3 is 2.88 bits per heavy atom. The first kappa shape index (κ1) is 5.03. The van der Waals surface area contributed by atoms with Crippen LogP contribution in [0.1, 0.15) is 5.89 Å². The quantitative estimate of drug-likeness (QED) is 0.485. The molecule has 0 aliphatic heterocycles. The maximum absolute atomic E-state index is 10.3. The SMILES string of the molecule is Cc1nc(=O)cco1. The zero-order valence-corrected chi connectivity index (χ0v) is 4.42. The Labute approximate surface area is 46.0 Å². The fourth-order valence-corrected chi connectivity index (χ4v) is 0.409. The van der Waals surface area contributed by atoms with E-state index in [2.05, 4.69) is 4.98 Å². The second-order valence-corrected chi connectivity index (χ2v) is 1.39. The maximum Gasteiger partial charge on any atom is 0.275 e. The van der Waals surface area contributed by atoms with Crippen molar-refractivity contribution in [2.24, 2.45) is 0 Å². The van der Waals surface area contributed by atoms with Crippen LogP contribution in [-0.4, -0.2) is 4.98 Å². The van der Waals surface area contributed by atoms with Gasteiger partial charge in [0, 0.05) is 13.0 Å². The second kappa shape index (κ2) is 1.78. The van der Waals surface area contributed by atoms with E-state index in [0.29, 0.717) is 5.89 Å². The molecule has 0 amide bonds. The van der Waals surface area contributed by atoms with Gasteiger partial charge in [0.2, 0.25) is 0 Å². The van der Waals surface area contributed by atoms with Gasteiger partial charge < -0.3 is 4.42 Å². The summed E-state index contributed by atoms with van der Waals surface area (Å²) in [4.78, 5) is 13.8. The highest BCUT2D eigenvalue weighted by molar-refractivity contribution is 4.79. The van der Waals surface area contributed by atoms with E-state index in [1.807, 2.05) is 0 Å². The van der Waals surface area contributed by atoms with Crippen LogP contribution in [0.2, 0.25) is 0 Å². The van der Waals surface area contributed by atoms with Crippen molar-refractivity contribution in [2.75, 3.05) is 0 Å². The van der Waals surface area contributed by atoms with Crippen molar-refractivity contribution < 1.29 is 4.42 Å². The van der Waals surface area contributed by atoms with Gasteiger partial charge in [-0.2, -0.15) is 4.98 Å². The average molecular weight is 111 g/mol. The molecular formula is C5H5NO2. The standard InChI is InChI=1S/C5H5NO2/c1-4-6-5(7)2-3-8-4/h2-3H,1H3. The van der Waals surface area contributed by atoms with Crippen LogP contribution < -0.4 is 5.56 Å². The molecule has 3 heteroatoms. The van der Waals surface area contributed by atoms with Crippen LogP contribution in [0.15, 0.2) is 21.5 Å². The lowest BCUT2D eigenvalue weighted by atomic mass is 10.6. The first-order chi connectivity index (χ1) is 3.79. The van der Waals surface area contributed by atoms with Crippen LogP contribution in [0, 0.1) is 6.92 Å². The molecule has 0 atom stereocenters. The molecule has 1 aromatic rings. The molecule has 0 radical (unpaired) electrons. The van der Waals surface area contributed by atoms with Crippen molar-refractivity contribution in [2.45, 2.75) is 6.92 Å². The number of hydrogen-bond acceptors (Lipinski definition) is 3. The average Bonchev–Trinajstić information content (AvgIpc) is 1.64. The van der Waals surface area contributed by atoms with Gasteiger partial charge in [-0.05, 0) is 0 Å². The van der Waals surface area contributed by atoms with E-state index in [9.17, 15) is 4.79 Å². The predicted octanol–water partition coefficient (Wildman–Crippen LogP) is 0.343. The Kier molecular flexibility index (Phi) is 1.12. The summed E-state index contributed by atoms with van der Waals surface area (Å²) in [5.41, 5.74) is -0.256. The van der Waals surface area contributed by atoms with Crippen molar-refractivity contribution in [3.05, 3.63) is 28.6 Å². The third-order valence-electron chi connectivity index (χ3n) is 0.717. The predicted molar refractivity (Wildman–Crippen MR) is 27.5 cm³/mol. The normalized spacial score (nSPS) is 9.12. The molecule has 1 heterocycles. The fraction of sp³-hybridized carbons (Fsp3) is 0.200. The smallest absolute Gasteiger partial charge is 0.275 e. The molecule has 0 bridgehead atoms. The van der Waals surface area contributed by atoms with Crippen molar-refractivity contribution in [1.82, 2.24) is 4.98 Å². The molecule has 0 unspecified atom stereocenters. The summed E-state index contributed by atoms with van der Waals surface area (Å²) in [5, 5.41) is 0. The van der Waals surface area contributed by atoms with Crippen LogP contribution in [0.4, 0.5) is 0 Å². The summed E-state index contributed by atoms with van der Waals surface area (Å²) in [5.74, 6) is 0.400. The first-order valence-corrected chi connectivity index (χ1v) is 2.21. The van der Waals surface area contributed by atoms with Gasteiger partial charge >= 0.3 is 0 Å². The third-order valence-corrected chi connectivity index (χ3v) is 0.717. The molecule has 0 saturated heterocycles. The van der Waals surface area contributed by atoms with Gasteiger partial charge in [0.05, 0.1) is 6.26 Å². The van der Waals surface area contributed by atoms with Gasteiger partial charge in [0.25, 0.3) is 5.56 Å². The lowest BCUT2D eigenvalue weighted by molar-refractivity contribution is 0.486. The van der Waals surface area contributed by atoms with Gasteiger partial charge in [0.15, 0.2) is 5.89 Å². The lowest BCUT2D eigenvalue weighted by Crippen LogP contribution is -2.02. The summed E-state index contributed by atoms with van der Waals surface area (Å²) in [7, 11) is 0. The van der Waals surface area contributed by atoms with Crippen molar-refractivity contribution in [3.63, 3.8) is 0 Å². The number of aromatic nitrogens is 1. The highest BCUT2D eigenvalue weighted by atomic mass is 16.3. The Morgan fingerprint density at radius 1 is 1.75 bits per heavy atom. The minimum Gasteiger partial charge on any atom is -0.451 e. The van der Waals surface area contributed by atoms with Gasteiger partial charge in [-0.1, -0.05) is 0 Å². The molecule has 0 aliphatic carbocycles. The zero-order chi connectivity index (χ0) is 5.98. The molecule has 0 aromatic carbocycles. The van der Waals surface area contributed by atoms with Gasteiger partial charge in [-0.25, -0.2) is 0 Å². The molecule has 0 spiro atoms. The summed E-state index contributed by atoms with van der Waals surface area (Å²) in [6, 6.07) is 1.27. The van der Waals surface area contributed by atoms with Crippen molar-refractivity contribution in [1.29, 1.82) is 0 Å². The number of rotatable bonds is 0. The molecule has 0 saturated carbocycles.